The van der Waals surface area contributed by atoms with Crippen molar-refractivity contribution in [1.29, 1.82) is 0 Å². The van der Waals surface area contributed by atoms with Crippen LogP contribution in [0, 0.1) is 5.92 Å². The fraction of sp³-hybridized carbons (Fsp3) is 0.412. The van der Waals surface area contributed by atoms with E-state index in [0.717, 1.165) is 17.0 Å². The fourth-order valence-electron chi connectivity index (χ4n) is 2.21. The van der Waals surface area contributed by atoms with Gasteiger partial charge in [0.2, 0.25) is 0 Å². The molecular weight excluding hydrogens is 349 g/mol. The lowest BCUT2D eigenvalue weighted by Crippen LogP contribution is -2.29. The van der Waals surface area contributed by atoms with E-state index in [1.165, 1.54) is 0 Å². The summed E-state index contributed by atoms with van der Waals surface area (Å²) in [5.41, 5.74) is 9.39. The quantitative estimate of drug-likeness (QED) is 0.757. The molecule has 0 fully saturated rings. The number of nitrogens with one attached hydrogen (secondary N) is 1. The number of pyridine rings is 1. The summed E-state index contributed by atoms with van der Waals surface area (Å²) in [6, 6.07) is 5.60. The first-order valence-corrected chi connectivity index (χ1v) is 7.57. The summed E-state index contributed by atoms with van der Waals surface area (Å²) in [6.07, 6.45) is 4.05. The van der Waals surface area contributed by atoms with E-state index in [1.807, 2.05) is 18.2 Å². The SMILES string of the molecule is CCOC(=O)c1cc(-c2ccncc2)[nH]c1C[C@H](N)C(C)C.Cl.Cl. The van der Waals surface area contributed by atoms with Gasteiger partial charge in [-0.2, -0.15) is 0 Å². The number of carbonyl (C=O) groups excluding carboxylic acids is 1. The first kappa shape index (κ1) is 22.4. The molecule has 2 rings (SSSR count). The molecule has 0 aliphatic rings. The molecule has 3 N–H and O–H groups in total. The summed E-state index contributed by atoms with van der Waals surface area (Å²) in [4.78, 5) is 19.5. The van der Waals surface area contributed by atoms with E-state index < -0.39 is 0 Å². The molecule has 0 aliphatic carbocycles. The van der Waals surface area contributed by atoms with Crippen molar-refractivity contribution in [2.24, 2.45) is 11.7 Å². The van der Waals surface area contributed by atoms with Crippen molar-refractivity contribution in [2.45, 2.75) is 33.2 Å². The average molecular weight is 374 g/mol. The first-order chi connectivity index (χ1) is 10.5. The zero-order valence-electron chi connectivity index (χ0n) is 14.1. The van der Waals surface area contributed by atoms with Gasteiger partial charge >= 0.3 is 5.97 Å². The van der Waals surface area contributed by atoms with Gasteiger partial charge in [-0.3, -0.25) is 4.98 Å². The number of nitrogens with two attached hydrogens (primary N) is 1. The molecule has 0 unspecified atom stereocenters. The van der Waals surface area contributed by atoms with Crippen LogP contribution in [0.3, 0.4) is 0 Å². The molecule has 0 spiro atoms. The van der Waals surface area contributed by atoms with Crippen LogP contribution in [0.25, 0.3) is 11.3 Å². The highest BCUT2D eigenvalue weighted by Crippen LogP contribution is 2.23. The highest BCUT2D eigenvalue weighted by atomic mass is 35.5. The van der Waals surface area contributed by atoms with Gasteiger partial charge in [-0.25, -0.2) is 4.79 Å². The van der Waals surface area contributed by atoms with Crippen LogP contribution in [-0.2, 0) is 11.2 Å². The van der Waals surface area contributed by atoms with E-state index in [1.54, 1.807) is 19.3 Å². The Morgan fingerprint density at radius 1 is 1.29 bits per heavy atom. The number of hydrogen-bond acceptors (Lipinski definition) is 4. The average Bonchev–Trinajstić information content (AvgIpc) is 2.92. The molecule has 5 nitrogen and oxygen atoms in total. The molecule has 0 saturated heterocycles. The highest BCUT2D eigenvalue weighted by Gasteiger charge is 2.20. The largest absolute Gasteiger partial charge is 0.462 e. The van der Waals surface area contributed by atoms with Gasteiger partial charge in [-0.05, 0) is 31.0 Å². The second kappa shape index (κ2) is 10.3. The van der Waals surface area contributed by atoms with Gasteiger partial charge in [0.15, 0.2) is 0 Å². The Bertz CT molecular complexity index is 630. The van der Waals surface area contributed by atoms with Crippen molar-refractivity contribution in [2.75, 3.05) is 6.61 Å². The third-order valence-corrected chi connectivity index (χ3v) is 3.68. The van der Waals surface area contributed by atoms with Crippen LogP contribution in [0.15, 0.2) is 30.6 Å². The molecule has 134 valence electrons. The molecule has 0 aliphatic heterocycles. The summed E-state index contributed by atoms with van der Waals surface area (Å²) in [6.45, 7) is 6.29. The number of halogens is 2. The van der Waals surface area contributed by atoms with Crippen LogP contribution in [0.4, 0.5) is 0 Å². The third kappa shape index (κ3) is 5.51. The number of esters is 1. The molecule has 0 saturated carbocycles. The Hall–Kier alpha value is -1.56. The summed E-state index contributed by atoms with van der Waals surface area (Å²) in [5, 5.41) is 0. The zero-order valence-corrected chi connectivity index (χ0v) is 15.7. The summed E-state index contributed by atoms with van der Waals surface area (Å²) in [5.74, 6) is 0.0210. The normalized spacial score (nSPS) is 11.4. The minimum Gasteiger partial charge on any atom is -0.462 e. The van der Waals surface area contributed by atoms with Crippen LogP contribution >= 0.6 is 24.8 Å². The number of hydrogen-bond donors (Lipinski definition) is 2. The van der Waals surface area contributed by atoms with Gasteiger partial charge in [0.25, 0.3) is 0 Å². The summed E-state index contributed by atoms with van der Waals surface area (Å²) >= 11 is 0. The van der Waals surface area contributed by atoms with Gasteiger partial charge in [0.05, 0.1) is 12.2 Å². The van der Waals surface area contributed by atoms with Gasteiger partial charge in [0.1, 0.15) is 0 Å². The summed E-state index contributed by atoms with van der Waals surface area (Å²) in [7, 11) is 0. The Labute approximate surface area is 155 Å². The van der Waals surface area contributed by atoms with Crippen molar-refractivity contribution in [3.05, 3.63) is 41.9 Å². The molecule has 2 heterocycles. The van der Waals surface area contributed by atoms with Crippen molar-refractivity contribution >= 4 is 30.8 Å². The third-order valence-electron chi connectivity index (χ3n) is 3.68. The molecule has 24 heavy (non-hydrogen) atoms. The van der Waals surface area contributed by atoms with Crippen molar-refractivity contribution in [3.63, 3.8) is 0 Å². The van der Waals surface area contributed by atoms with Gasteiger partial charge in [-0.15, -0.1) is 24.8 Å². The summed E-state index contributed by atoms with van der Waals surface area (Å²) < 4.78 is 5.15. The molecule has 0 aromatic carbocycles. The first-order valence-electron chi connectivity index (χ1n) is 7.57. The molecule has 7 heteroatoms. The van der Waals surface area contributed by atoms with Crippen LogP contribution in [0.1, 0.15) is 36.8 Å². The number of nitrogens with zero attached hydrogens (tertiary/aromatic N) is 1. The maximum atomic E-state index is 12.2. The number of carbonyl (C=O) groups is 1. The maximum absolute atomic E-state index is 12.2. The van der Waals surface area contributed by atoms with Crippen LogP contribution < -0.4 is 5.73 Å². The number of H-pyrrole nitrogens is 1. The van der Waals surface area contributed by atoms with E-state index in [4.69, 9.17) is 10.5 Å². The van der Waals surface area contributed by atoms with Gasteiger partial charge in [-0.1, -0.05) is 13.8 Å². The topological polar surface area (TPSA) is 81.0 Å². The lowest BCUT2D eigenvalue weighted by atomic mass is 9.99. The molecular formula is C17H25Cl2N3O2. The predicted octanol–water partition coefficient (Wildman–Crippen LogP) is 3.62. The minimum atomic E-state index is -0.315. The van der Waals surface area contributed by atoms with Crippen molar-refractivity contribution < 1.29 is 9.53 Å². The number of aromatic amines is 1. The number of aromatic nitrogens is 2. The minimum absolute atomic E-state index is 0. The van der Waals surface area contributed by atoms with E-state index in [9.17, 15) is 4.79 Å². The Morgan fingerprint density at radius 2 is 1.92 bits per heavy atom. The zero-order chi connectivity index (χ0) is 16.1. The molecule has 2 aromatic rings. The molecule has 2 aromatic heterocycles. The van der Waals surface area contributed by atoms with Crippen LogP contribution in [-0.4, -0.2) is 28.6 Å². The Balaban J connectivity index is 0.00000264. The molecule has 1 atom stereocenters. The maximum Gasteiger partial charge on any atom is 0.339 e. The molecule has 0 bridgehead atoms. The second-order valence-electron chi connectivity index (χ2n) is 5.64. The van der Waals surface area contributed by atoms with E-state index >= 15 is 0 Å². The standard InChI is InChI=1S/C17H23N3O2.2ClH/c1-4-22-17(21)13-9-15(12-5-7-19-8-6-12)20-16(13)10-14(18)11(2)3;;/h5-9,11,14,20H,4,10,18H2,1-3H3;2*1H/t14-;;/m0../s1. The smallest absolute Gasteiger partial charge is 0.339 e. The molecule has 0 amide bonds. The van der Waals surface area contributed by atoms with E-state index in [2.05, 4.69) is 23.8 Å². The number of ether oxygens (including phenoxy) is 1. The lowest BCUT2D eigenvalue weighted by Gasteiger charge is -2.15. The van der Waals surface area contributed by atoms with Gasteiger partial charge in [0, 0.05) is 41.8 Å². The lowest BCUT2D eigenvalue weighted by molar-refractivity contribution is 0.0525. The van der Waals surface area contributed by atoms with Gasteiger partial charge < -0.3 is 15.5 Å². The second-order valence-corrected chi connectivity index (χ2v) is 5.64. The fourth-order valence-corrected chi connectivity index (χ4v) is 2.21. The number of rotatable bonds is 6. The molecule has 0 radical (unpaired) electrons. The highest BCUT2D eigenvalue weighted by molar-refractivity contribution is 5.92. The Morgan fingerprint density at radius 3 is 2.46 bits per heavy atom. The Kier molecular flexibility index (Phi) is 9.66. The van der Waals surface area contributed by atoms with Crippen LogP contribution in [0.2, 0.25) is 0 Å². The van der Waals surface area contributed by atoms with Crippen molar-refractivity contribution in [1.82, 2.24) is 9.97 Å². The predicted molar refractivity (Wildman–Crippen MR) is 101 cm³/mol. The van der Waals surface area contributed by atoms with Crippen LogP contribution in [0.5, 0.6) is 0 Å². The van der Waals surface area contributed by atoms with Crippen molar-refractivity contribution in [3.8, 4) is 11.3 Å². The van der Waals surface area contributed by atoms with E-state index in [0.29, 0.717) is 24.5 Å². The monoisotopic (exact) mass is 373 g/mol. The van der Waals surface area contributed by atoms with E-state index in [-0.39, 0.29) is 36.8 Å².